The lowest BCUT2D eigenvalue weighted by Gasteiger charge is -2.12. The minimum Gasteiger partial charge on any atom is -0.383 e. The van der Waals surface area contributed by atoms with Gasteiger partial charge in [0.1, 0.15) is 11.6 Å². The summed E-state index contributed by atoms with van der Waals surface area (Å²) in [5.74, 6) is 2.17. The highest BCUT2D eigenvalue weighted by atomic mass is 35.5. The van der Waals surface area contributed by atoms with E-state index in [9.17, 15) is 4.39 Å². The fraction of sp³-hybridized carbons (Fsp3) is 0.438. The molecule has 2 N–H and O–H groups in total. The van der Waals surface area contributed by atoms with Crippen LogP contribution in [-0.4, -0.2) is 9.78 Å². The molecular weight excluding hydrogens is 289 g/mol. The fourth-order valence-corrected chi connectivity index (χ4v) is 3.93. The summed E-state index contributed by atoms with van der Waals surface area (Å²) >= 11 is 5.92. The minimum absolute atomic E-state index is 0.121. The molecule has 3 nitrogen and oxygen atoms in total. The standard InChI is InChI=1S/C16H17ClFN3/c1-21-16(19)13(11-3-2-4-12(17)14(11)18)15(20-21)10-6-8-5-9(8)7-10/h2-4,8-10H,5-7,19H2,1H3. The summed E-state index contributed by atoms with van der Waals surface area (Å²) in [6.07, 6.45) is 3.65. The molecule has 4 rings (SSSR count). The van der Waals surface area contributed by atoms with Gasteiger partial charge >= 0.3 is 0 Å². The van der Waals surface area contributed by atoms with Gasteiger partial charge < -0.3 is 5.73 Å². The van der Waals surface area contributed by atoms with Crippen molar-refractivity contribution in [2.45, 2.75) is 25.2 Å². The number of fused-ring (bicyclic) bond motifs is 1. The van der Waals surface area contributed by atoms with E-state index in [0.717, 1.165) is 35.9 Å². The largest absolute Gasteiger partial charge is 0.383 e. The van der Waals surface area contributed by atoms with Crippen molar-refractivity contribution in [1.29, 1.82) is 0 Å². The first-order valence-corrected chi connectivity index (χ1v) is 7.70. The Labute approximate surface area is 127 Å². The van der Waals surface area contributed by atoms with Gasteiger partial charge in [0.05, 0.1) is 16.3 Å². The summed E-state index contributed by atoms with van der Waals surface area (Å²) in [6.45, 7) is 0. The molecule has 5 heteroatoms. The molecule has 0 amide bonds. The minimum atomic E-state index is -0.414. The lowest BCUT2D eigenvalue weighted by Crippen LogP contribution is -2.00. The lowest BCUT2D eigenvalue weighted by atomic mass is 9.93. The average Bonchev–Trinajstić information content (AvgIpc) is 2.96. The Kier molecular flexibility index (Phi) is 2.80. The normalized spacial score (nSPS) is 26.9. The molecular formula is C16H17ClFN3. The van der Waals surface area contributed by atoms with Crippen molar-refractivity contribution in [1.82, 2.24) is 9.78 Å². The molecule has 2 fully saturated rings. The molecule has 2 aliphatic carbocycles. The second-order valence-electron chi connectivity index (χ2n) is 6.29. The van der Waals surface area contributed by atoms with Gasteiger partial charge in [-0.25, -0.2) is 4.39 Å². The van der Waals surface area contributed by atoms with Crippen LogP contribution in [0.25, 0.3) is 11.1 Å². The zero-order valence-electron chi connectivity index (χ0n) is 11.8. The van der Waals surface area contributed by atoms with E-state index in [0.29, 0.717) is 17.3 Å². The van der Waals surface area contributed by atoms with E-state index in [1.54, 1.807) is 29.9 Å². The molecule has 110 valence electrons. The van der Waals surface area contributed by atoms with E-state index in [-0.39, 0.29) is 5.02 Å². The number of halogens is 2. The van der Waals surface area contributed by atoms with Crippen LogP contribution in [0.3, 0.4) is 0 Å². The molecule has 1 aromatic carbocycles. The van der Waals surface area contributed by atoms with Crippen molar-refractivity contribution >= 4 is 17.4 Å². The van der Waals surface area contributed by atoms with Crippen LogP contribution in [-0.2, 0) is 7.05 Å². The van der Waals surface area contributed by atoms with Gasteiger partial charge in [0.2, 0.25) is 0 Å². The predicted molar refractivity (Wildman–Crippen MR) is 81.6 cm³/mol. The highest BCUT2D eigenvalue weighted by Gasteiger charge is 2.47. The first-order chi connectivity index (χ1) is 10.1. The SMILES string of the molecule is Cn1nc(C2CC3CC3C2)c(-c2cccc(Cl)c2F)c1N. The van der Waals surface area contributed by atoms with Gasteiger partial charge in [-0.05, 0) is 37.2 Å². The molecule has 2 atom stereocenters. The summed E-state index contributed by atoms with van der Waals surface area (Å²) < 4.78 is 16.1. The second-order valence-corrected chi connectivity index (χ2v) is 6.70. The van der Waals surface area contributed by atoms with Crippen LogP contribution in [0.1, 0.15) is 30.9 Å². The molecule has 0 radical (unpaired) electrons. The van der Waals surface area contributed by atoms with Crippen molar-refractivity contribution in [2.24, 2.45) is 18.9 Å². The van der Waals surface area contributed by atoms with Crippen LogP contribution < -0.4 is 5.73 Å². The Balaban J connectivity index is 1.85. The van der Waals surface area contributed by atoms with E-state index in [1.807, 2.05) is 0 Å². The summed E-state index contributed by atoms with van der Waals surface area (Å²) in [4.78, 5) is 0. The highest BCUT2D eigenvalue weighted by molar-refractivity contribution is 6.31. The smallest absolute Gasteiger partial charge is 0.149 e. The number of anilines is 1. The molecule has 0 saturated heterocycles. The summed E-state index contributed by atoms with van der Waals surface area (Å²) in [5, 5.41) is 4.70. The van der Waals surface area contributed by atoms with Crippen molar-refractivity contribution in [3.8, 4) is 11.1 Å². The molecule has 0 bridgehead atoms. The third-order valence-electron chi connectivity index (χ3n) is 4.97. The molecule has 0 spiro atoms. The van der Waals surface area contributed by atoms with Gasteiger partial charge in [0.25, 0.3) is 0 Å². The maximum atomic E-state index is 14.4. The third-order valence-corrected chi connectivity index (χ3v) is 5.26. The number of nitrogen functional groups attached to an aromatic ring is 1. The Bertz CT molecular complexity index is 715. The molecule has 21 heavy (non-hydrogen) atoms. The monoisotopic (exact) mass is 305 g/mol. The predicted octanol–water partition coefficient (Wildman–Crippen LogP) is 3.98. The zero-order valence-corrected chi connectivity index (χ0v) is 12.6. The van der Waals surface area contributed by atoms with Gasteiger partial charge in [0.15, 0.2) is 0 Å². The van der Waals surface area contributed by atoms with Crippen LogP contribution >= 0.6 is 11.6 Å². The van der Waals surface area contributed by atoms with Gasteiger partial charge in [-0.15, -0.1) is 0 Å². The van der Waals surface area contributed by atoms with E-state index in [2.05, 4.69) is 5.10 Å². The fourth-order valence-electron chi connectivity index (χ4n) is 3.76. The lowest BCUT2D eigenvalue weighted by molar-refractivity contribution is 0.593. The van der Waals surface area contributed by atoms with Crippen molar-refractivity contribution < 1.29 is 4.39 Å². The van der Waals surface area contributed by atoms with Gasteiger partial charge in [-0.2, -0.15) is 5.10 Å². The molecule has 2 saturated carbocycles. The third kappa shape index (κ3) is 1.96. The Morgan fingerprint density at radius 3 is 2.71 bits per heavy atom. The van der Waals surface area contributed by atoms with Crippen molar-refractivity contribution in [3.63, 3.8) is 0 Å². The maximum absolute atomic E-state index is 14.4. The van der Waals surface area contributed by atoms with Crippen LogP contribution in [0.5, 0.6) is 0 Å². The van der Waals surface area contributed by atoms with E-state index >= 15 is 0 Å². The zero-order chi connectivity index (χ0) is 14.7. The van der Waals surface area contributed by atoms with E-state index in [1.165, 1.54) is 6.42 Å². The topological polar surface area (TPSA) is 43.8 Å². The van der Waals surface area contributed by atoms with Gasteiger partial charge in [-0.3, -0.25) is 4.68 Å². The average molecular weight is 306 g/mol. The summed E-state index contributed by atoms with van der Waals surface area (Å²) in [6, 6.07) is 5.04. The first kappa shape index (κ1) is 13.1. The van der Waals surface area contributed by atoms with Crippen molar-refractivity contribution in [2.75, 3.05) is 5.73 Å². The molecule has 2 unspecified atom stereocenters. The molecule has 1 heterocycles. The van der Waals surface area contributed by atoms with Crippen LogP contribution in [0.4, 0.5) is 10.2 Å². The van der Waals surface area contributed by atoms with Crippen LogP contribution in [0.15, 0.2) is 18.2 Å². The van der Waals surface area contributed by atoms with Crippen LogP contribution in [0, 0.1) is 17.7 Å². The quantitative estimate of drug-likeness (QED) is 0.912. The van der Waals surface area contributed by atoms with Crippen molar-refractivity contribution in [3.05, 3.63) is 34.7 Å². The number of hydrogen-bond donors (Lipinski definition) is 1. The number of aryl methyl sites for hydroxylation is 1. The van der Waals surface area contributed by atoms with E-state index < -0.39 is 5.82 Å². The first-order valence-electron chi connectivity index (χ1n) is 7.33. The Morgan fingerprint density at radius 1 is 1.29 bits per heavy atom. The number of nitrogens with two attached hydrogens (primary N) is 1. The Hall–Kier alpha value is -1.55. The summed E-state index contributed by atoms with van der Waals surface area (Å²) in [7, 11) is 1.81. The number of aromatic nitrogens is 2. The molecule has 1 aromatic heterocycles. The highest BCUT2D eigenvalue weighted by Crippen LogP contribution is 2.58. The number of rotatable bonds is 2. The molecule has 2 aliphatic rings. The molecule has 2 aromatic rings. The van der Waals surface area contributed by atoms with E-state index in [4.69, 9.17) is 17.3 Å². The maximum Gasteiger partial charge on any atom is 0.149 e. The molecule has 0 aliphatic heterocycles. The van der Waals surface area contributed by atoms with Crippen LogP contribution in [0.2, 0.25) is 5.02 Å². The summed E-state index contributed by atoms with van der Waals surface area (Å²) in [5.41, 5.74) is 8.28. The number of nitrogens with zero attached hydrogens (tertiary/aromatic N) is 2. The van der Waals surface area contributed by atoms with Gasteiger partial charge in [-0.1, -0.05) is 23.7 Å². The Morgan fingerprint density at radius 2 is 2.00 bits per heavy atom. The number of benzene rings is 1. The van der Waals surface area contributed by atoms with Gasteiger partial charge in [0, 0.05) is 18.5 Å². The second kappa shape index (κ2) is 4.47. The number of hydrogen-bond acceptors (Lipinski definition) is 2.